The van der Waals surface area contributed by atoms with Crippen LogP contribution in [0, 0.1) is 17.6 Å². The van der Waals surface area contributed by atoms with Gasteiger partial charge in [0.1, 0.15) is 17.8 Å². The van der Waals surface area contributed by atoms with Crippen molar-refractivity contribution in [3.63, 3.8) is 0 Å². The van der Waals surface area contributed by atoms with Crippen LogP contribution in [0.25, 0.3) is 22.2 Å². The van der Waals surface area contributed by atoms with Crippen LogP contribution in [-0.2, 0) is 12.8 Å². The summed E-state index contributed by atoms with van der Waals surface area (Å²) in [7, 11) is 0. The van der Waals surface area contributed by atoms with Gasteiger partial charge in [-0.1, -0.05) is 24.3 Å². The zero-order valence-electron chi connectivity index (χ0n) is 15.0. The van der Waals surface area contributed by atoms with E-state index in [-0.39, 0.29) is 34.0 Å². The Kier molecular flexibility index (Phi) is 3.77. The first-order chi connectivity index (χ1) is 14.0. The summed E-state index contributed by atoms with van der Waals surface area (Å²) in [4.78, 5) is 8.15. The molecule has 2 aromatic heterocycles. The fourth-order valence-corrected chi connectivity index (χ4v) is 4.16. The SMILES string of the molecule is Nc1ncnc2c1c(-c1cc(O)c(F)c(F)c1)c(F)n2C1Cc2ccccc2C1. The van der Waals surface area contributed by atoms with Crippen LogP contribution in [0.15, 0.2) is 42.7 Å². The topological polar surface area (TPSA) is 77.0 Å². The molecule has 5 nitrogen and oxygen atoms in total. The van der Waals surface area contributed by atoms with Gasteiger partial charge in [0.2, 0.25) is 5.95 Å². The second kappa shape index (κ2) is 6.23. The Morgan fingerprint density at radius 3 is 2.38 bits per heavy atom. The Morgan fingerprint density at radius 1 is 1.03 bits per heavy atom. The van der Waals surface area contributed by atoms with E-state index in [4.69, 9.17) is 5.73 Å². The number of aromatic nitrogens is 3. The highest BCUT2D eigenvalue weighted by atomic mass is 19.2. The number of halogens is 3. The number of benzene rings is 2. The molecule has 0 unspecified atom stereocenters. The van der Waals surface area contributed by atoms with E-state index >= 15 is 4.39 Å². The molecule has 3 N–H and O–H groups in total. The Morgan fingerprint density at radius 2 is 1.72 bits per heavy atom. The van der Waals surface area contributed by atoms with Crippen molar-refractivity contribution in [2.75, 3.05) is 5.73 Å². The number of nitrogens with zero attached hydrogens (tertiary/aromatic N) is 3. The van der Waals surface area contributed by atoms with Crippen molar-refractivity contribution in [3.05, 3.63) is 71.4 Å². The molecule has 8 heteroatoms. The standard InChI is InChI=1S/C21H15F3N4O/c22-14-7-12(8-15(29)18(14)23)16-17-20(25)26-9-27-21(17)28(19(16)24)13-5-10-3-1-2-4-11(10)6-13/h1-4,7-9,13,29H,5-6H2,(H2,25,26,27). The fraction of sp³-hybridized carbons (Fsp3) is 0.143. The van der Waals surface area contributed by atoms with Gasteiger partial charge in [0.05, 0.1) is 10.9 Å². The fourth-order valence-electron chi connectivity index (χ4n) is 4.16. The highest BCUT2D eigenvalue weighted by Gasteiger charge is 2.31. The number of phenolic OH excluding ortho intramolecular Hbond substituents is 1. The monoisotopic (exact) mass is 396 g/mol. The van der Waals surface area contributed by atoms with E-state index in [2.05, 4.69) is 9.97 Å². The van der Waals surface area contributed by atoms with Crippen molar-refractivity contribution >= 4 is 16.9 Å². The van der Waals surface area contributed by atoms with Crippen molar-refractivity contribution in [2.45, 2.75) is 18.9 Å². The van der Waals surface area contributed by atoms with E-state index in [1.165, 1.54) is 10.9 Å². The van der Waals surface area contributed by atoms with Crippen molar-refractivity contribution in [1.82, 2.24) is 14.5 Å². The summed E-state index contributed by atoms with van der Waals surface area (Å²) in [6.45, 7) is 0. The number of aromatic hydroxyl groups is 1. The molecule has 0 fully saturated rings. The van der Waals surface area contributed by atoms with Crippen LogP contribution in [0.4, 0.5) is 19.0 Å². The third kappa shape index (κ3) is 2.55. The maximum Gasteiger partial charge on any atom is 0.204 e. The molecule has 0 saturated carbocycles. The molecule has 0 aliphatic heterocycles. The molecule has 4 aromatic rings. The Bertz CT molecular complexity index is 1240. The number of fused-ring (bicyclic) bond motifs is 2. The predicted molar refractivity (Wildman–Crippen MR) is 102 cm³/mol. The van der Waals surface area contributed by atoms with E-state index < -0.39 is 23.3 Å². The summed E-state index contributed by atoms with van der Waals surface area (Å²) in [5, 5.41) is 9.90. The third-order valence-corrected chi connectivity index (χ3v) is 5.44. The van der Waals surface area contributed by atoms with Gasteiger partial charge in [-0.2, -0.15) is 8.78 Å². The van der Waals surface area contributed by atoms with Gasteiger partial charge >= 0.3 is 0 Å². The molecular weight excluding hydrogens is 381 g/mol. The molecule has 0 amide bonds. The molecule has 2 aromatic carbocycles. The lowest BCUT2D eigenvalue weighted by Crippen LogP contribution is -2.12. The largest absolute Gasteiger partial charge is 0.505 e. The minimum absolute atomic E-state index is 0.0161. The first kappa shape index (κ1) is 17.5. The van der Waals surface area contributed by atoms with Gasteiger partial charge in [0.25, 0.3) is 0 Å². The van der Waals surface area contributed by atoms with E-state index in [1.807, 2.05) is 24.3 Å². The van der Waals surface area contributed by atoms with Gasteiger partial charge in [-0.25, -0.2) is 14.4 Å². The highest BCUT2D eigenvalue weighted by molar-refractivity contribution is 6.01. The van der Waals surface area contributed by atoms with Gasteiger partial charge in [-0.15, -0.1) is 0 Å². The van der Waals surface area contributed by atoms with Crippen LogP contribution in [0.2, 0.25) is 0 Å². The normalized spacial score (nSPS) is 13.9. The molecule has 0 radical (unpaired) electrons. The molecule has 146 valence electrons. The average Bonchev–Trinajstić information content (AvgIpc) is 3.24. The van der Waals surface area contributed by atoms with Crippen LogP contribution in [0.5, 0.6) is 5.75 Å². The van der Waals surface area contributed by atoms with Crippen molar-refractivity contribution in [2.24, 2.45) is 0 Å². The highest BCUT2D eigenvalue weighted by Crippen LogP contribution is 2.41. The maximum absolute atomic E-state index is 15.7. The summed E-state index contributed by atoms with van der Waals surface area (Å²) in [6.07, 6.45) is 2.44. The van der Waals surface area contributed by atoms with Crippen molar-refractivity contribution < 1.29 is 18.3 Å². The lowest BCUT2D eigenvalue weighted by Gasteiger charge is -2.13. The number of hydrogen-bond acceptors (Lipinski definition) is 4. The van der Waals surface area contributed by atoms with Crippen molar-refractivity contribution in [3.8, 4) is 16.9 Å². The van der Waals surface area contributed by atoms with E-state index in [0.717, 1.165) is 23.3 Å². The average molecular weight is 396 g/mol. The molecule has 0 spiro atoms. The first-order valence-electron chi connectivity index (χ1n) is 9.00. The number of rotatable bonds is 2. The van der Waals surface area contributed by atoms with Gasteiger partial charge in [0, 0.05) is 6.04 Å². The van der Waals surface area contributed by atoms with E-state index in [1.54, 1.807) is 0 Å². The lowest BCUT2D eigenvalue weighted by atomic mass is 10.0. The van der Waals surface area contributed by atoms with E-state index in [0.29, 0.717) is 12.8 Å². The summed E-state index contributed by atoms with van der Waals surface area (Å²) < 4.78 is 44.6. The quantitative estimate of drug-likeness (QED) is 0.534. The minimum atomic E-state index is -1.40. The number of anilines is 1. The zero-order valence-corrected chi connectivity index (χ0v) is 15.0. The maximum atomic E-state index is 15.7. The summed E-state index contributed by atoms with van der Waals surface area (Å²) in [5.41, 5.74) is 8.40. The summed E-state index contributed by atoms with van der Waals surface area (Å²) >= 11 is 0. The smallest absolute Gasteiger partial charge is 0.204 e. The van der Waals surface area contributed by atoms with E-state index in [9.17, 15) is 13.9 Å². The molecule has 2 heterocycles. The summed E-state index contributed by atoms with van der Waals surface area (Å²) in [5.74, 6) is -4.26. The molecule has 1 aliphatic carbocycles. The Balaban J connectivity index is 1.76. The summed E-state index contributed by atoms with van der Waals surface area (Å²) in [6, 6.07) is 9.40. The number of nitrogen functional groups attached to an aromatic ring is 1. The number of nitrogens with two attached hydrogens (primary N) is 1. The zero-order chi connectivity index (χ0) is 20.3. The van der Waals surface area contributed by atoms with Crippen LogP contribution in [0.1, 0.15) is 17.2 Å². The molecular formula is C21H15F3N4O. The van der Waals surface area contributed by atoms with Crippen molar-refractivity contribution in [1.29, 1.82) is 0 Å². The molecule has 0 saturated heterocycles. The van der Waals surface area contributed by atoms with Gasteiger partial charge in [-0.3, -0.25) is 4.57 Å². The van der Waals surface area contributed by atoms with Gasteiger partial charge < -0.3 is 10.8 Å². The Hall–Kier alpha value is -3.55. The minimum Gasteiger partial charge on any atom is -0.505 e. The van der Waals surface area contributed by atoms with Crippen LogP contribution >= 0.6 is 0 Å². The molecule has 0 atom stereocenters. The van der Waals surface area contributed by atoms with Gasteiger partial charge in [-0.05, 0) is 41.7 Å². The lowest BCUT2D eigenvalue weighted by molar-refractivity contribution is 0.407. The number of phenols is 1. The molecule has 29 heavy (non-hydrogen) atoms. The molecule has 1 aliphatic rings. The van der Waals surface area contributed by atoms with Crippen LogP contribution in [-0.4, -0.2) is 19.6 Å². The second-order valence-electron chi connectivity index (χ2n) is 7.12. The Labute approximate surface area is 163 Å². The molecule has 5 rings (SSSR count). The number of hydrogen-bond donors (Lipinski definition) is 2. The first-order valence-corrected chi connectivity index (χ1v) is 9.00. The van der Waals surface area contributed by atoms with Gasteiger partial charge in [0.15, 0.2) is 17.4 Å². The second-order valence-corrected chi connectivity index (χ2v) is 7.12. The predicted octanol–water partition coefficient (Wildman–Crippen LogP) is 4.14. The third-order valence-electron chi connectivity index (χ3n) is 5.44. The van der Waals surface area contributed by atoms with Crippen LogP contribution < -0.4 is 5.73 Å². The molecule has 0 bridgehead atoms. The van der Waals surface area contributed by atoms with Crippen LogP contribution in [0.3, 0.4) is 0 Å².